The maximum atomic E-state index is 13.5. The minimum Gasteiger partial charge on any atom is -0.299 e. The van der Waals surface area contributed by atoms with Crippen molar-refractivity contribution >= 4 is 5.78 Å². The lowest BCUT2D eigenvalue weighted by Gasteiger charge is -2.42. The summed E-state index contributed by atoms with van der Waals surface area (Å²) in [7, 11) is 0. The Morgan fingerprint density at radius 3 is 2.26 bits per heavy atom. The van der Waals surface area contributed by atoms with Crippen molar-refractivity contribution in [2.24, 2.45) is 11.8 Å². The fourth-order valence-electron chi connectivity index (χ4n) is 3.32. The molecule has 1 aromatic rings. The van der Waals surface area contributed by atoms with Gasteiger partial charge in [-0.3, -0.25) is 9.69 Å². The van der Waals surface area contributed by atoms with Gasteiger partial charge in [0.1, 0.15) is 5.78 Å². The van der Waals surface area contributed by atoms with Gasteiger partial charge in [0.05, 0.1) is 0 Å². The van der Waals surface area contributed by atoms with Crippen LogP contribution >= 0.6 is 0 Å². The van der Waals surface area contributed by atoms with Gasteiger partial charge in [0.2, 0.25) is 5.92 Å². The number of benzene rings is 1. The van der Waals surface area contributed by atoms with Crippen LogP contribution in [0.1, 0.15) is 18.4 Å². The molecule has 0 N–H and O–H groups in total. The van der Waals surface area contributed by atoms with Gasteiger partial charge in [0.15, 0.2) is 0 Å². The van der Waals surface area contributed by atoms with E-state index in [1.165, 1.54) is 5.56 Å². The summed E-state index contributed by atoms with van der Waals surface area (Å²) in [4.78, 5) is 14.1. The average Bonchev–Trinajstić information content (AvgIpc) is 2.33. The van der Waals surface area contributed by atoms with Crippen LogP contribution in [0.4, 0.5) is 8.78 Å². The summed E-state index contributed by atoms with van der Waals surface area (Å²) in [6.45, 7) is 1.69. The number of halogens is 2. The Hall–Kier alpha value is -1.29. The second-order valence-corrected chi connectivity index (χ2v) is 5.74. The summed E-state index contributed by atoms with van der Waals surface area (Å²) in [5.41, 5.74) is 1.17. The number of rotatable bonds is 2. The summed E-state index contributed by atoms with van der Waals surface area (Å²) in [6.07, 6.45) is -0.540. The molecule has 0 aromatic heterocycles. The molecule has 1 aliphatic carbocycles. The van der Waals surface area contributed by atoms with Crippen molar-refractivity contribution in [2.45, 2.75) is 25.3 Å². The maximum absolute atomic E-state index is 13.5. The zero-order chi connectivity index (χ0) is 13.5. The molecular weight excluding hydrogens is 248 g/mol. The highest BCUT2D eigenvalue weighted by molar-refractivity contribution is 5.85. The van der Waals surface area contributed by atoms with E-state index in [1.807, 2.05) is 30.3 Å². The van der Waals surface area contributed by atoms with Crippen molar-refractivity contribution in [3.63, 3.8) is 0 Å². The van der Waals surface area contributed by atoms with Crippen molar-refractivity contribution in [3.05, 3.63) is 35.9 Å². The highest BCUT2D eigenvalue weighted by Gasteiger charge is 2.49. The second-order valence-electron chi connectivity index (χ2n) is 5.74. The largest absolute Gasteiger partial charge is 0.299 e. The number of nitrogens with zero attached hydrogens (tertiary/aromatic N) is 1. The summed E-state index contributed by atoms with van der Waals surface area (Å²) in [5.74, 6) is -3.56. The number of fused-ring (bicyclic) bond motifs is 2. The molecule has 1 aliphatic heterocycles. The normalized spacial score (nSPS) is 30.3. The molecule has 0 spiro atoms. The lowest BCUT2D eigenvalue weighted by atomic mass is 9.74. The molecule has 0 radical (unpaired) electrons. The number of ketones is 1. The van der Waals surface area contributed by atoms with Crippen molar-refractivity contribution in [3.8, 4) is 0 Å². The van der Waals surface area contributed by atoms with E-state index in [-0.39, 0.29) is 18.6 Å². The Morgan fingerprint density at radius 2 is 1.68 bits per heavy atom. The van der Waals surface area contributed by atoms with Crippen LogP contribution in [0.2, 0.25) is 0 Å². The van der Waals surface area contributed by atoms with Crippen LogP contribution in [0, 0.1) is 11.8 Å². The van der Waals surface area contributed by atoms with E-state index < -0.39 is 17.8 Å². The van der Waals surface area contributed by atoms with Gasteiger partial charge >= 0.3 is 0 Å². The number of carbonyl (C=O) groups excluding carboxylic acids is 1. The first-order chi connectivity index (χ1) is 9.03. The molecule has 3 rings (SSSR count). The third-order valence-corrected chi connectivity index (χ3v) is 4.10. The number of likely N-dealkylation sites (tertiary alicyclic amines) is 1. The number of Topliss-reactive ketones (excluding diaryl/α,β-unsaturated/α-hetero) is 1. The summed E-state index contributed by atoms with van der Waals surface area (Å²) < 4.78 is 27.0. The smallest absolute Gasteiger partial charge is 0.249 e. The van der Waals surface area contributed by atoms with Crippen molar-refractivity contribution in [1.82, 2.24) is 4.90 Å². The fraction of sp³-hybridized carbons (Fsp3) is 0.533. The first kappa shape index (κ1) is 12.7. The molecule has 2 aliphatic rings. The lowest BCUT2D eigenvalue weighted by Crippen LogP contribution is -2.53. The first-order valence-electron chi connectivity index (χ1n) is 6.71. The molecule has 1 saturated carbocycles. The molecular formula is C15H17F2NO. The first-order valence-corrected chi connectivity index (χ1v) is 6.71. The lowest BCUT2D eigenvalue weighted by molar-refractivity contribution is -0.152. The van der Waals surface area contributed by atoms with E-state index in [9.17, 15) is 13.6 Å². The zero-order valence-electron chi connectivity index (χ0n) is 10.7. The highest BCUT2D eigenvalue weighted by Crippen LogP contribution is 2.41. The van der Waals surface area contributed by atoms with Crippen molar-refractivity contribution in [1.29, 1.82) is 0 Å². The van der Waals surface area contributed by atoms with E-state index in [4.69, 9.17) is 0 Å². The monoisotopic (exact) mass is 265 g/mol. The SMILES string of the molecule is O=C1C2CN(Cc3ccccc3)CC1CC(F)(F)C2. The summed E-state index contributed by atoms with van der Waals surface area (Å²) in [6, 6.07) is 9.96. The van der Waals surface area contributed by atoms with Crippen molar-refractivity contribution in [2.75, 3.05) is 13.1 Å². The topological polar surface area (TPSA) is 20.3 Å². The van der Waals surface area contributed by atoms with E-state index in [0.29, 0.717) is 13.1 Å². The van der Waals surface area contributed by atoms with Crippen LogP contribution in [0.15, 0.2) is 30.3 Å². The molecule has 1 heterocycles. The van der Waals surface area contributed by atoms with Gasteiger partial charge in [0, 0.05) is 44.3 Å². The highest BCUT2D eigenvalue weighted by atomic mass is 19.3. The fourth-order valence-corrected chi connectivity index (χ4v) is 3.32. The van der Waals surface area contributed by atoms with Crippen LogP contribution in [-0.2, 0) is 11.3 Å². The molecule has 1 saturated heterocycles. The van der Waals surface area contributed by atoms with Gasteiger partial charge in [-0.05, 0) is 5.56 Å². The third kappa shape index (κ3) is 2.68. The van der Waals surface area contributed by atoms with Gasteiger partial charge in [-0.2, -0.15) is 0 Å². The Labute approximate surface area is 111 Å². The molecule has 1 aromatic carbocycles. The van der Waals surface area contributed by atoms with E-state index >= 15 is 0 Å². The Bertz CT molecular complexity index is 454. The molecule has 0 amide bonds. The zero-order valence-corrected chi connectivity index (χ0v) is 10.7. The number of hydrogen-bond donors (Lipinski definition) is 0. The van der Waals surface area contributed by atoms with Gasteiger partial charge < -0.3 is 0 Å². The number of alkyl halides is 2. The van der Waals surface area contributed by atoms with Gasteiger partial charge in [-0.15, -0.1) is 0 Å². The van der Waals surface area contributed by atoms with Crippen LogP contribution in [0.5, 0.6) is 0 Å². The van der Waals surface area contributed by atoms with Gasteiger partial charge in [-0.1, -0.05) is 30.3 Å². The quantitative estimate of drug-likeness (QED) is 0.819. The third-order valence-electron chi connectivity index (χ3n) is 4.10. The molecule has 2 atom stereocenters. The Morgan fingerprint density at radius 1 is 1.11 bits per heavy atom. The predicted octanol–water partition coefficient (Wildman–Crippen LogP) is 2.73. The summed E-state index contributed by atoms with van der Waals surface area (Å²) in [5, 5.41) is 0. The van der Waals surface area contributed by atoms with Crippen LogP contribution < -0.4 is 0 Å². The number of hydrogen-bond acceptors (Lipinski definition) is 2. The molecule has 2 nitrogen and oxygen atoms in total. The van der Waals surface area contributed by atoms with Crippen LogP contribution in [0.25, 0.3) is 0 Å². The Kier molecular flexibility index (Phi) is 3.13. The van der Waals surface area contributed by atoms with E-state index in [0.717, 1.165) is 6.54 Å². The maximum Gasteiger partial charge on any atom is 0.249 e. The second kappa shape index (κ2) is 4.67. The molecule has 19 heavy (non-hydrogen) atoms. The number of piperidine rings is 1. The molecule has 102 valence electrons. The molecule has 2 bridgehead atoms. The molecule has 2 unspecified atom stereocenters. The van der Waals surface area contributed by atoms with Crippen LogP contribution in [0.3, 0.4) is 0 Å². The molecule has 4 heteroatoms. The van der Waals surface area contributed by atoms with Gasteiger partial charge in [-0.25, -0.2) is 8.78 Å². The van der Waals surface area contributed by atoms with Crippen LogP contribution in [-0.4, -0.2) is 29.7 Å². The number of carbonyl (C=O) groups is 1. The standard InChI is InChI=1S/C15H17F2NO/c16-15(17)6-12-9-18(10-13(7-15)14(12)19)8-11-4-2-1-3-5-11/h1-5,12-13H,6-10H2. The minimum atomic E-state index is -2.65. The summed E-state index contributed by atoms with van der Waals surface area (Å²) >= 11 is 0. The average molecular weight is 265 g/mol. The minimum absolute atomic E-state index is 0.0511. The predicted molar refractivity (Wildman–Crippen MR) is 67.9 cm³/mol. The molecule has 2 fully saturated rings. The van der Waals surface area contributed by atoms with E-state index in [1.54, 1.807) is 0 Å². The van der Waals surface area contributed by atoms with E-state index in [2.05, 4.69) is 4.90 Å². The van der Waals surface area contributed by atoms with Crippen molar-refractivity contribution < 1.29 is 13.6 Å². The van der Waals surface area contributed by atoms with Gasteiger partial charge in [0.25, 0.3) is 0 Å². The Balaban J connectivity index is 1.70.